The van der Waals surface area contributed by atoms with E-state index in [-0.39, 0.29) is 12.5 Å². The molecule has 3 aromatic carbocycles. The first kappa shape index (κ1) is 23.2. The van der Waals surface area contributed by atoms with Gasteiger partial charge in [0.05, 0.1) is 5.69 Å². The molecule has 1 N–H and O–H groups in total. The van der Waals surface area contributed by atoms with Crippen molar-refractivity contribution in [3.8, 4) is 11.3 Å². The van der Waals surface area contributed by atoms with E-state index < -0.39 is 5.97 Å². The minimum atomic E-state index is -1.04. The van der Waals surface area contributed by atoms with Gasteiger partial charge in [-0.1, -0.05) is 54.6 Å². The molecule has 34 heavy (non-hydrogen) atoms. The molecule has 0 fully saturated rings. The van der Waals surface area contributed by atoms with Crippen molar-refractivity contribution in [3.05, 3.63) is 95.9 Å². The topological polar surface area (TPSA) is 73.7 Å². The van der Waals surface area contributed by atoms with Crippen LogP contribution in [0.4, 0.5) is 5.13 Å². The van der Waals surface area contributed by atoms with Gasteiger partial charge in [0.25, 0.3) is 5.91 Å². The zero-order valence-corrected chi connectivity index (χ0v) is 19.7. The van der Waals surface area contributed by atoms with E-state index in [1.165, 1.54) is 22.7 Å². The third-order valence-corrected chi connectivity index (χ3v) is 6.35. The maximum atomic E-state index is 12.4. The van der Waals surface area contributed by atoms with E-state index in [0.29, 0.717) is 18.7 Å². The zero-order chi connectivity index (χ0) is 24.1. The number of thiazole rings is 1. The number of carbonyl (C=O) groups is 2. The van der Waals surface area contributed by atoms with E-state index in [1.54, 1.807) is 23.5 Å². The number of aliphatic carboxylic acids is 1. The third kappa shape index (κ3) is 5.32. The van der Waals surface area contributed by atoms with E-state index in [9.17, 15) is 9.59 Å². The molecular weight excluding hydrogens is 446 g/mol. The average molecular weight is 472 g/mol. The highest BCUT2D eigenvalue weighted by Gasteiger charge is 2.16. The van der Waals surface area contributed by atoms with E-state index in [2.05, 4.69) is 47.2 Å². The Kier molecular flexibility index (Phi) is 7.04. The lowest BCUT2D eigenvalue weighted by atomic mass is 10.1. The Morgan fingerprint density at radius 3 is 2.50 bits per heavy atom. The number of carboxylic acids is 1. The highest BCUT2D eigenvalue weighted by atomic mass is 32.1. The van der Waals surface area contributed by atoms with Gasteiger partial charge in [0, 0.05) is 36.6 Å². The number of amides is 1. The van der Waals surface area contributed by atoms with Gasteiger partial charge in [-0.15, -0.1) is 17.9 Å². The minimum Gasteiger partial charge on any atom is -0.480 e. The predicted octanol–water partition coefficient (Wildman–Crippen LogP) is 5.31. The molecule has 1 amide bonds. The number of anilines is 1. The van der Waals surface area contributed by atoms with Gasteiger partial charge < -0.3 is 14.9 Å². The highest BCUT2D eigenvalue weighted by molar-refractivity contribution is 7.14. The zero-order valence-electron chi connectivity index (χ0n) is 18.8. The second-order valence-corrected chi connectivity index (χ2v) is 8.83. The van der Waals surface area contributed by atoms with Gasteiger partial charge in [-0.05, 0) is 34.5 Å². The van der Waals surface area contributed by atoms with Crippen LogP contribution in [-0.2, 0) is 11.3 Å². The van der Waals surface area contributed by atoms with E-state index in [1.807, 2.05) is 30.3 Å². The summed E-state index contributed by atoms with van der Waals surface area (Å²) >= 11 is 1.59. The van der Waals surface area contributed by atoms with Crippen LogP contribution >= 0.6 is 11.3 Å². The molecule has 0 aliphatic heterocycles. The van der Waals surface area contributed by atoms with Crippen molar-refractivity contribution in [2.45, 2.75) is 6.54 Å². The molecular formula is C27H25N3O3S. The maximum Gasteiger partial charge on any atom is 0.323 e. The monoisotopic (exact) mass is 471 g/mol. The summed E-state index contributed by atoms with van der Waals surface area (Å²) in [5.74, 6) is -1.36. The van der Waals surface area contributed by atoms with Crippen molar-refractivity contribution in [1.29, 1.82) is 0 Å². The third-order valence-electron chi connectivity index (χ3n) is 5.45. The molecule has 0 bridgehead atoms. The molecule has 1 aromatic heterocycles. The fraction of sp³-hybridized carbons (Fsp3) is 0.148. The Labute approximate surface area is 202 Å². The number of hydrogen-bond donors (Lipinski definition) is 1. The maximum absolute atomic E-state index is 12.4. The van der Waals surface area contributed by atoms with Crippen LogP contribution in [-0.4, -0.2) is 47.0 Å². The Balaban J connectivity index is 1.50. The van der Waals surface area contributed by atoms with Crippen LogP contribution in [0, 0.1) is 0 Å². The summed E-state index contributed by atoms with van der Waals surface area (Å²) in [6.07, 6.45) is 1.84. The van der Waals surface area contributed by atoms with Crippen LogP contribution in [0.5, 0.6) is 0 Å². The molecule has 0 radical (unpaired) electrons. The van der Waals surface area contributed by atoms with E-state index in [0.717, 1.165) is 22.0 Å². The first-order valence-corrected chi connectivity index (χ1v) is 11.7. The molecule has 0 unspecified atom stereocenters. The SMILES string of the molecule is C=CCN(Cc1ccc(C(=O)N(C)CC(=O)O)cc1)c1nc(-c2ccc3ccccc3c2)cs1. The number of carbonyl (C=O) groups excluding carboxylic acids is 1. The summed E-state index contributed by atoms with van der Waals surface area (Å²) < 4.78 is 0. The molecule has 6 nitrogen and oxygen atoms in total. The first-order valence-electron chi connectivity index (χ1n) is 10.8. The van der Waals surface area contributed by atoms with Crippen LogP contribution in [0.15, 0.2) is 84.8 Å². The van der Waals surface area contributed by atoms with Gasteiger partial charge in [-0.3, -0.25) is 9.59 Å². The van der Waals surface area contributed by atoms with Crippen molar-refractivity contribution in [2.75, 3.05) is 25.0 Å². The highest BCUT2D eigenvalue weighted by Crippen LogP contribution is 2.30. The molecule has 0 saturated heterocycles. The van der Waals surface area contributed by atoms with Gasteiger partial charge in [-0.25, -0.2) is 4.98 Å². The van der Waals surface area contributed by atoms with Crippen LogP contribution < -0.4 is 4.90 Å². The van der Waals surface area contributed by atoms with Gasteiger partial charge in [0.2, 0.25) is 0 Å². The van der Waals surface area contributed by atoms with Gasteiger partial charge in [0.15, 0.2) is 5.13 Å². The lowest BCUT2D eigenvalue weighted by Crippen LogP contribution is -2.31. The van der Waals surface area contributed by atoms with Crippen LogP contribution in [0.1, 0.15) is 15.9 Å². The summed E-state index contributed by atoms with van der Waals surface area (Å²) in [4.78, 5) is 31.4. The van der Waals surface area contributed by atoms with Crippen molar-refractivity contribution in [1.82, 2.24) is 9.88 Å². The summed E-state index contributed by atoms with van der Waals surface area (Å²) in [6.45, 7) is 4.79. The van der Waals surface area contributed by atoms with Crippen LogP contribution in [0.2, 0.25) is 0 Å². The van der Waals surface area contributed by atoms with Crippen molar-refractivity contribution in [2.24, 2.45) is 0 Å². The Bertz CT molecular complexity index is 1330. The second-order valence-electron chi connectivity index (χ2n) is 8.00. The summed E-state index contributed by atoms with van der Waals surface area (Å²) in [6, 6.07) is 21.9. The molecule has 0 aliphatic carbocycles. The fourth-order valence-electron chi connectivity index (χ4n) is 3.73. The molecule has 0 spiro atoms. The molecule has 0 saturated carbocycles. The Morgan fingerprint density at radius 1 is 1.06 bits per heavy atom. The molecule has 0 atom stereocenters. The van der Waals surface area contributed by atoms with E-state index in [4.69, 9.17) is 10.1 Å². The van der Waals surface area contributed by atoms with Crippen LogP contribution in [0.3, 0.4) is 0 Å². The number of carboxylic acid groups (broad SMARTS) is 1. The molecule has 4 rings (SSSR count). The number of rotatable bonds is 9. The standard InChI is InChI=1S/C27H25N3O3S/c1-3-14-30(16-19-8-10-21(11-9-19)26(33)29(2)17-25(31)32)27-28-24(18-34-27)23-13-12-20-6-4-5-7-22(20)15-23/h3-13,15,18H,1,14,16-17H2,2H3,(H,31,32). The summed E-state index contributed by atoms with van der Waals surface area (Å²) in [5.41, 5.74) is 3.48. The minimum absolute atomic E-state index is 0.322. The van der Waals surface area contributed by atoms with Crippen LogP contribution in [0.25, 0.3) is 22.0 Å². The number of likely N-dealkylation sites (N-methyl/N-ethyl adjacent to an activating group) is 1. The first-order chi connectivity index (χ1) is 16.4. The van der Waals surface area contributed by atoms with Gasteiger partial charge in [-0.2, -0.15) is 0 Å². The lowest BCUT2D eigenvalue weighted by molar-refractivity contribution is -0.137. The normalized spacial score (nSPS) is 10.7. The smallest absolute Gasteiger partial charge is 0.323 e. The molecule has 1 heterocycles. The van der Waals surface area contributed by atoms with Crippen molar-refractivity contribution < 1.29 is 14.7 Å². The second kappa shape index (κ2) is 10.3. The number of fused-ring (bicyclic) bond motifs is 1. The Hall–Kier alpha value is -3.97. The fourth-order valence-corrected chi connectivity index (χ4v) is 4.57. The van der Waals surface area contributed by atoms with Gasteiger partial charge in [0.1, 0.15) is 6.54 Å². The van der Waals surface area contributed by atoms with E-state index >= 15 is 0 Å². The molecule has 7 heteroatoms. The molecule has 4 aromatic rings. The Morgan fingerprint density at radius 2 is 1.79 bits per heavy atom. The predicted molar refractivity (Wildman–Crippen MR) is 137 cm³/mol. The number of hydrogen-bond acceptors (Lipinski definition) is 5. The molecule has 0 aliphatic rings. The lowest BCUT2D eigenvalue weighted by Gasteiger charge is -2.20. The van der Waals surface area contributed by atoms with Crippen molar-refractivity contribution in [3.63, 3.8) is 0 Å². The summed E-state index contributed by atoms with van der Waals surface area (Å²) in [5, 5.41) is 14.2. The number of benzene rings is 3. The number of aromatic nitrogens is 1. The quantitative estimate of drug-likeness (QED) is 0.335. The van der Waals surface area contributed by atoms with Crippen molar-refractivity contribution >= 4 is 39.1 Å². The van der Waals surface area contributed by atoms with Gasteiger partial charge >= 0.3 is 5.97 Å². The number of nitrogens with zero attached hydrogens (tertiary/aromatic N) is 3. The molecule has 172 valence electrons. The average Bonchev–Trinajstić information content (AvgIpc) is 3.33. The largest absolute Gasteiger partial charge is 0.480 e. The summed E-state index contributed by atoms with van der Waals surface area (Å²) in [7, 11) is 1.48.